The minimum absolute atomic E-state index is 0. The maximum absolute atomic E-state index is 10.5. The molecule has 0 radical (unpaired) electrons. The molecule has 0 bridgehead atoms. The minimum Gasteiger partial charge on any atom is -0.296 e. The molecule has 0 unspecified atom stereocenters. The molecular weight excluding hydrogens is 159 g/mol. The molecule has 11 heavy (non-hydrogen) atoms. The zero-order valence-corrected chi connectivity index (χ0v) is 5.15. The van der Waals surface area contributed by atoms with Gasteiger partial charge in [-0.25, -0.2) is 4.79 Å². The van der Waals surface area contributed by atoms with Gasteiger partial charge >= 0.3 is 5.97 Å². The maximum atomic E-state index is 10.5. The van der Waals surface area contributed by atoms with Crippen LogP contribution in [0.5, 0.6) is 0 Å². The number of carbonyl (C=O) groups excluding carboxylic acids is 1. The van der Waals surface area contributed by atoms with Crippen LogP contribution in [-0.2, 0) is 4.89 Å². The topological polar surface area (TPSA) is 46.5 Å². The van der Waals surface area contributed by atoms with E-state index in [1.165, 1.54) is 0 Å². The van der Waals surface area contributed by atoms with E-state index < -0.39 is 5.97 Å². The summed E-state index contributed by atoms with van der Waals surface area (Å²) in [6, 6.07) is 8.25. The molecule has 4 heteroatoms. The standard InChI is InChI=1S/C7H6O3.Al.3H/c8-7(10-9)6-4-2-1-3-5-6;;;;/h1-5,9H;;;;. The highest BCUT2D eigenvalue weighted by Crippen LogP contribution is 1.98. The Morgan fingerprint density at radius 2 is 1.82 bits per heavy atom. The lowest BCUT2D eigenvalue weighted by Crippen LogP contribution is -2.00. The summed E-state index contributed by atoms with van der Waals surface area (Å²) in [5.74, 6) is -0.736. The van der Waals surface area contributed by atoms with Crippen LogP contribution in [-0.4, -0.2) is 28.6 Å². The van der Waals surface area contributed by atoms with Crippen molar-refractivity contribution in [3.63, 3.8) is 0 Å². The first-order chi connectivity index (χ1) is 4.84. The summed E-state index contributed by atoms with van der Waals surface area (Å²) in [6.45, 7) is 0. The van der Waals surface area contributed by atoms with Crippen molar-refractivity contribution in [2.24, 2.45) is 0 Å². The second-order valence-corrected chi connectivity index (χ2v) is 1.74. The lowest BCUT2D eigenvalue weighted by Gasteiger charge is -1.92. The van der Waals surface area contributed by atoms with Gasteiger partial charge in [0.2, 0.25) is 0 Å². The molecule has 0 fully saturated rings. The monoisotopic (exact) mass is 168 g/mol. The van der Waals surface area contributed by atoms with Crippen molar-refractivity contribution in [3.8, 4) is 0 Å². The number of hydrogen-bond donors (Lipinski definition) is 1. The van der Waals surface area contributed by atoms with E-state index in [0.29, 0.717) is 5.56 Å². The van der Waals surface area contributed by atoms with Gasteiger partial charge in [-0.3, -0.25) is 4.89 Å². The summed E-state index contributed by atoms with van der Waals surface area (Å²) in [6.07, 6.45) is 0. The summed E-state index contributed by atoms with van der Waals surface area (Å²) in [4.78, 5) is 14.0. The van der Waals surface area contributed by atoms with Crippen LogP contribution in [0, 0.1) is 0 Å². The lowest BCUT2D eigenvalue weighted by atomic mass is 10.2. The largest absolute Gasteiger partial charge is 0.372 e. The number of benzene rings is 1. The third-order valence-electron chi connectivity index (χ3n) is 1.09. The maximum Gasteiger partial charge on any atom is 0.372 e. The Labute approximate surface area is 74.7 Å². The number of carbonyl (C=O) groups is 1. The average molecular weight is 168 g/mol. The predicted molar refractivity (Wildman–Crippen MR) is 44.4 cm³/mol. The van der Waals surface area contributed by atoms with E-state index >= 15 is 0 Å². The molecule has 0 saturated carbocycles. The van der Waals surface area contributed by atoms with Crippen molar-refractivity contribution < 1.29 is 14.9 Å². The SMILES string of the molecule is O=C(OO)c1ccccc1.[AlH3]. The quantitative estimate of drug-likeness (QED) is 0.368. The van der Waals surface area contributed by atoms with Crippen molar-refractivity contribution >= 4 is 23.3 Å². The first-order valence-electron chi connectivity index (χ1n) is 2.75. The molecule has 0 amide bonds. The first kappa shape index (κ1) is 10.2. The Morgan fingerprint density at radius 3 is 2.27 bits per heavy atom. The zero-order chi connectivity index (χ0) is 7.40. The molecule has 1 aromatic carbocycles. The number of hydrogen-bond acceptors (Lipinski definition) is 3. The molecule has 1 N–H and O–H groups in total. The first-order valence-corrected chi connectivity index (χ1v) is 2.75. The van der Waals surface area contributed by atoms with Gasteiger partial charge in [-0.05, 0) is 12.1 Å². The summed E-state index contributed by atoms with van der Waals surface area (Å²) in [7, 11) is 0. The summed E-state index contributed by atoms with van der Waals surface area (Å²) in [5, 5.41) is 7.94. The Bertz CT molecular complexity index is 222. The van der Waals surface area contributed by atoms with Crippen LogP contribution in [0.3, 0.4) is 0 Å². The van der Waals surface area contributed by atoms with Crippen LogP contribution in [0.4, 0.5) is 0 Å². The van der Waals surface area contributed by atoms with E-state index in [2.05, 4.69) is 4.89 Å². The van der Waals surface area contributed by atoms with Gasteiger partial charge in [-0.1, -0.05) is 18.2 Å². The molecule has 1 aromatic rings. The molecule has 0 aromatic heterocycles. The van der Waals surface area contributed by atoms with E-state index in [1.807, 2.05) is 0 Å². The van der Waals surface area contributed by atoms with E-state index in [0.717, 1.165) is 0 Å². The smallest absolute Gasteiger partial charge is 0.296 e. The molecule has 1 rings (SSSR count). The van der Waals surface area contributed by atoms with Crippen molar-refractivity contribution in [3.05, 3.63) is 35.9 Å². The Kier molecular flexibility index (Phi) is 4.55. The van der Waals surface area contributed by atoms with Crippen molar-refractivity contribution in [2.75, 3.05) is 0 Å². The van der Waals surface area contributed by atoms with Crippen molar-refractivity contribution in [1.82, 2.24) is 0 Å². The summed E-state index contributed by atoms with van der Waals surface area (Å²) >= 11 is 0. The molecule has 3 nitrogen and oxygen atoms in total. The van der Waals surface area contributed by atoms with Crippen molar-refractivity contribution in [1.29, 1.82) is 0 Å². The van der Waals surface area contributed by atoms with E-state index in [1.54, 1.807) is 30.3 Å². The molecule has 0 atom stereocenters. The van der Waals surface area contributed by atoms with Gasteiger partial charge in [0.05, 0.1) is 5.56 Å². The molecule has 58 valence electrons. The van der Waals surface area contributed by atoms with E-state index in [4.69, 9.17) is 5.26 Å². The van der Waals surface area contributed by atoms with Gasteiger partial charge in [-0.2, -0.15) is 5.26 Å². The second kappa shape index (κ2) is 4.92. The van der Waals surface area contributed by atoms with Gasteiger partial charge in [0.25, 0.3) is 0 Å². The third-order valence-corrected chi connectivity index (χ3v) is 1.09. The molecule has 0 aliphatic heterocycles. The molecule has 0 aliphatic carbocycles. The van der Waals surface area contributed by atoms with Gasteiger partial charge in [0.15, 0.2) is 17.4 Å². The Hall–Kier alpha value is -0.818. The average Bonchev–Trinajstić information content (AvgIpc) is 2.05. The second-order valence-electron chi connectivity index (χ2n) is 1.74. The zero-order valence-electron chi connectivity index (χ0n) is 5.15. The van der Waals surface area contributed by atoms with Gasteiger partial charge in [0, 0.05) is 0 Å². The molecule has 0 spiro atoms. The third kappa shape index (κ3) is 2.73. The summed E-state index contributed by atoms with van der Waals surface area (Å²) in [5.41, 5.74) is 0.338. The van der Waals surface area contributed by atoms with Gasteiger partial charge in [0.1, 0.15) is 0 Å². The highest BCUT2D eigenvalue weighted by Gasteiger charge is 2.02. The predicted octanol–water partition coefficient (Wildman–Crippen LogP) is 0.132. The van der Waals surface area contributed by atoms with Crippen LogP contribution in [0.1, 0.15) is 10.4 Å². The fourth-order valence-corrected chi connectivity index (χ4v) is 0.627. The van der Waals surface area contributed by atoms with E-state index in [9.17, 15) is 4.79 Å². The van der Waals surface area contributed by atoms with Crippen molar-refractivity contribution in [2.45, 2.75) is 0 Å². The minimum atomic E-state index is -0.736. The fraction of sp³-hybridized carbons (Fsp3) is 0. The summed E-state index contributed by atoms with van der Waals surface area (Å²) < 4.78 is 0. The van der Waals surface area contributed by atoms with Crippen LogP contribution in [0.15, 0.2) is 30.3 Å². The van der Waals surface area contributed by atoms with Gasteiger partial charge in [-0.15, -0.1) is 0 Å². The van der Waals surface area contributed by atoms with Crippen LogP contribution >= 0.6 is 0 Å². The van der Waals surface area contributed by atoms with Crippen LogP contribution in [0.2, 0.25) is 0 Å². The van der Waals surface area contributed by atoms with Crippen LogP contribution in [0.25, 0.3) is 0 Å². The fourth-order valence-electron chi connectivity index (χ4n) is 0.627. The highest BCUT2D eigenvalue weighted by atomic mass is 27.0. The van der Waals surface area contributed by atoms with Crippen LogP contribution < -0.4 is 0 Å². The molecule has 0 heterocycles. The number of rotatable bonds is 1. The molecule has 0 saturated heterocycles. The molecule has 0 aliphatic rings. The Balaban J connectivity index is 0.000001000. The van der Waals surface area contributed by atoms with E-state index in [-0.39, 0.29) is 17.4 Å². The Morgan fingerprint density at radius 1 is 1.27 bits per heavy atom. The molecular formula is C7H9AlO3. The van der Waals surface area contributed by atoms with Gasteiger partial charge < -0.3 is 0 Å². The highest BCUT2D eigenvalue weighted by molar-refractivity contribution is 5.88. The lowest BCUT2D eigenvalue weighted by molar-refractivity contribution is -0.182. The normalized spacial score (nSPS) is 8.09.